The van der Waals surface area contributed by atoms with E-state index in [1.54, 1.807) is 13.3 Å². The van der Waals surface area contributed by atoms with Gasteiger partial charge in [0.1, 0.15) is 5.76 Å². The van der Waals surface area contributed by atoms with Gasteiger partial charge in [-0.2, -0.15) is 0 Å². The van der Waals surface area contributed by atoms with Crippen LogP contribution < -0.4 is 5.32 Å². The van der Waals surface area contributed by atoms with Gasteiger partial charge in [-0.3, -0.25) is 0 Å². The van der Waals surface area contributed by atoms with Crippen LogP contribution in [-0.4, -0.2) is 25.2 Å². The molecule has 0 bridgehead atoms. The number of hydrogen-bond acceptors (Lipinski definition) is 5. The predicted molar refractivity (Wildman–Crippen MR) is 62.5 cm³/mol. The number of ether oxygens (including phenoxy) is 1. The van der Waals surface area contributed by atoms with Gasteiger partial charge < -0.3 is 18.9 Å². The molecule has 17 heavy (non-hydrogen) atoms. The Kier molecular flexibility index (Phi) is 3.95. The standard InChI is InChI=1S/C12H16N2O3/c1-9-3-4-10(16-9)11-7-14-12(17-11)8-13-5-6-15-2/h3-4,7,13H,5-6,8H2,1-2H3. The highest BCUT2D eigenvalue weighted by molar-refractivity contribution is 5.48. The first-order valence-corrected chi connectivity index (χ1v) is 5.51. The van der Waals surface area contributed by atoms with Crippen molar-refractivity contribution in [2.45, 2.75) is 13.5 Å². The Bertz CT molecular complexity index is 462. The summed E-state index contributed by atoms with van der Waals surface area (Å²) in [6, 6.07) is 3.77. The Morgan fingerprint density at radius 2 is 2.18 bits per heavy atom. The van der Waals surface area contributed by atoms with Gasteiger partial charge in [-0.05, 0) is 19.1 Å². The highest BCUT2D eigenvalue weighted by Crippen LogP contribution is 2.22. The van der Waals surface area contributed by atoms with E-state index in [4.69, 9.17) is 13.6 Å². The molecular formula is C12H16N2O3. The van der Waals surface area contributed by atoms with Crippen LogP contribution in [-0.2, 0) is 11.3 Å². The van der Waals surface area contributed by atoms with Crippen molar-refractivity contribution in [3.63, 3.8) is 0 Å². The van der Waals surface area contributed by atoms with E-state index in [1.165, 1.54) is 0 Å². The van der Waals surface area contributed by atoms with E-state index in [9.17, 15) is 0 Å². The highest BCUT2D eigenvalue weighted by Gasteiger charge is 2.09. The maximum absolute atomic E-state index is 5.56. The summed E-state index contributed by atoms with van der Waals surface area (Å²) in [6.07, 6.45) is 1.67. The molecular weight excluding hydrogens is 220 g/mol. The lowest BCUT2D eigenvalue weighted by atomic mass is 10.4. The van der Waals surface area contributed by atoms with Crippen LogP contribution in [0.15, 0.2) is 27.2 Å². The fourth-order valence-electron chi connectivity index (χ4n) is 1.44. The normalized spacial score (nSPS) is 10.9. The third-order valence-corrected chi connectivity index (χ3v) is 2.30. The summed E-state index contributed by atoms with van der Waals surface area (Å²) in [4.78, 5) is 4.17. The monoisotopic (exact) mass is 236 g/mol. The average Bonchev–Trinajstić information content (AvgIpc) is 2.93. The molecule has 0 atom stereocenters. The first-order valence-electron chi connectivity index (χ1n) is 5.51. The molecule has 5 nitrogen and oxygen atoms in total. The number of rotatable bonds is 6. The second-order valence-corrected chi connectivity index (χ2v) is 3.70. The Hall–Kier alpha value is -1.59. The van der Waals surface area contributed by atoms with Crippen LogP contribution >= 0.6 is 0 Å². The van der Waals surface area contributed by atoms with Gasteiger partial charge in [0.15, 0.2) is 11.5 Å². The minimum absolute atomic E-state index is 0.586. The number of furan rings is 1. The summed E-state index contributed by atoms with van der Waals surface area (Å²) in [5.74, 6) is 2.86. The zero-order valence-electron chi connectivity index (χ0n) is 10.0. The molecule has 0 aliphatic rings. The van der Waals surface area contributed by atoms with Gasteiger partial charge in [-0.25, -0.2) is 4.98 Å². The van der Waals surface area contributed by atoms with Gasteiger partial charge in [0.05, 0.1) is 19.3 Å². The molecule has 2 heterocycles. The summed E-state index contributed by atoms with van der Waals surface area (Å²) in [6.45, 7) is 3.93. The van der Waals surface area contributed by atoms with Gasteiger partial charge in [0, 0.05) is 13.7 Å². The number of nitrogens with zero attached hydrogens (tertiary/aromatic N) is 1. The van der Waals surface area contributed by atoms with Crippen LogP contribution in [0.1, 0.15) is 11.7 Å². The van der Waals surface area contributed by atoms with Crippen LogP contribution in [0.3, 0.4) is 0 Å². The molecule has 2 rings (SSSR count). The minimum atomic E-state index is 0.586. The molecule has 0 aliphatic heterocycles. The number of aromatic nitrogens is 1. The second-order valence-electron chi connectivity index (χ2n) is 3.70. The molecule has 2 aromatic heterocycles. The van der Waals surface area contributed by atoms with Crippen molar-refractivity contribution < 1.29 is 13.6 Å². The lowest BCUT2D eigenvalue weighted by molar-refractivity contribution is 0.198. The third-order valence-electron chi connectivity index (χ3n) is 2.30. The van der Waals surface area contributed by atoms with E-state index < -0.39 is 0 Å². The first-order chi connectivity index (χ1) is 8.29. The lowest BCUT2D eigenvalue weighted by Gasteiger charge is -1.99. The molecule has 1 N–H and O–H groups in total. The Morgan fingerprint density at radius 1 is 1.29 bits per heavy atom. The molecule has 0 aliphatic carbocycles. The van der Waals surface area contributed by atoms with E-state index in [2.05, 4.69) is 10.3 Å². The summed E-state index contributed by atoms with van der Waals surface area (Å²) >= 11 is 0. The van der Waals surface area contributed by atoms with Gasteiger partial charge in [0.25, 0.3) is 0 Å². The van der Waals surface area contributed by atoms with E-state index >= 15 is 0 Å². The highest BCUT2D eigenvalue weighted by atomic mass is 16.5. The Balaban J connectivity index is 1.92. The fourth-order valence-corrected chi connectivity index (χ4v) is 1.44. The summed E-state index contributed by atoms with van der Waals surface area (Å²) in [5, 5.41) is 3.16. The minimum Gasteiger partial charge on any atom is -0.458 e. The predicted octanol–water partition coefficient (Wildman–Crippen LogP) is 1.98. The number of hydrogen-bond donors (Lipinski definition) is 1. The Labute approximate surface area is 99.8 Å². The van der Waals surface area contributed by atoms with Gasteiger partial charge in [-0.15, -0.1) is 0 Å². The van der Waals surface area contributed by atoms with Crippen molar-refractivity contribution in [1.29, 1.82) is 0 Å². The average molecular weight is 236 g/mol. The molecule has 2 aromatic rings. The van der Waals surface area contributed by atoms with E-state index in [0.29, 0.717) is 30.6 Å². The van der Waals surface area contributed by atoms with Crippen molar-refractivity contribution in [3.05, 3.63) is 30.0 Å². The zero-order valence-corrected chi connectivity index (χ0v) is 10.0. The van der Waals surface area contributed by atoms with Crippen LogP contribution in [0, 0.1) is 6.92 Å². The van der Waals surface area contributed by atoms with Gasteiger partial charge in [-0.1, -0.05) is 0 Å². The van der Waals surface area contributed by atoms with Crippen molar-refractivity contribution in [3.8, 4) is 11.5 Å². The molecule has 0 spiro atoms. The van der Waals surface area contributed by atoms with E-state index in [-0.39, 0.29) is 0 Å². The molecule has 0 aromatic carbocycles. The van der Waals surface area contributed by atoms with Gasteiger partial charge in [0.2, 0.25) is 5.89 Å². The zero-order chi connectivity index (χ0) is 12.1. The quantitative estimate of drug-likeness (QED) is 0.777. The van der Waals surface area contributed by atoms with E-state index in [1.807, 2.05) is 19.1 Å². The van der Waals surface area contributed by atoms with Crippen LogP contribution in [0.25, 0.3) is 11.5 Å². The summed E-state index contributed by atoms with van der Waals surface area (Å²) in [7, 11) is 1.67. The van der Waals surface area contributed by atoms with Gasteiger partial charge >= 0.3 is 0 Å². The number of nitrogens with one attached hydrogen (secondary N) is 1. The number of oxazole rings is 1. The number of aryl methyl sites for hydroxylation is 1. The smallest absolute Gasteiger partial charge is 0.209 e. The SMILES string of the molecule is COCCNCc1ncc(-c2ccc(C)o2)o1. The molecule has 0 saturated carbocycles. The molecule has 5 heteroatoms. The molecule has 0 amide bonds. The largest absolute Gasteiger partial charge is 0.458 e. The van der Waals surface area contributed by atoms with Crippen LogP contribution in [0.2, 0.25) is 0 Å². The molecule has 0 fully saturated rings. The fraction of sp³-hybridized carbons (Fsp3) is 0.417. The van der Waals surface area contributed by atoms with Crippen molar-refractivity contribution in [1.82, 2.24) is 10.3 Å². The van der Waals surface area contributed by atoms with Crippen molar-refractivity contribution in [2.24, 2.45) is 0 Å². The van der Waals surface area contributed by atoms with Crippen molar-refractivity contribution in [2.75, 3.05) is 20.3 Å². The van der Waals surface area contributed by atoms with Crippen LogP contribution in [0.5, 0.6) is 0 Å². The first kappa shape index (κ1) is 11.9. The topological polar surface area (TPSA) is 60.4 Å². The van der Waals surface area contributed by atoms with Crippen LogP contribution in [0.4, 0.5) is 0 Å². The Morgan fingerprint density at radius 3 is 2.88 bits per heavy atom. The van der Waals surface area contributed by atoms with Crippen molar-refractivity contribution >= 4 is 0 Å². The lowest BCUT2D eigenvalue weighted by Crippen LogP contribution is -2.18. The molecule has 0 unspecified atom stereocenters. The summed E-state index contributed by atoms with van der Waals surface area (Å²) in [5.41, 5.74) is 0. The number of methoxy groups -OCH3 is 1. The third kappa shape index (κ3) is 3.18. The van der Waals surface area contributed by atoms with E-state index in [0.717, 1.165) is 12.3 Å². The summed E-state index contributed by atoms with van der Waals surface area (Å²) < 4.78 is 15.9. The maximum atomic E-state index is 5.56. The maximum Gasteiger partial charge on any atom is 0.209 e. The molecule has 0 saturated heterocycles. The second kappa shape index (κ2) is 5.65. The molecule has 0 radical (unpaired) electrons. The molecule has 92 valence electrons.